The molecule has 2 aromatic carbocycles. The van der Waals surface area contributed by atoms with Gasteiger partial charge in [0, 0.05) is 23.4 Å². The number of hydrogen-bond donors (Lipinski definition) is 3. The van der Waals surface area contributed by atoms with Gasteiger partial charge in [-0.05, 0) is 43.3 Å². The average Bonchev–Trinajstić information content (AvgIpc) is 2.49. The number of carbonyl (C=O) groups is 1. The van der Waals surface area contributed by atoms with Crippen molar-refractivity contribution in [2.75, 3.05) is 11.9 Å². The van der Waals surface area contributed by atoms with Gasteiger partial charge >= 0.3 is 0 Å². The van der Waals surface area contributed by atoms with E-state index in [9.17, 15) is 9.90 Å². The minimum absolute atomic E-state index is 0.128. The fourth-order valence-corrected chi connectivity index (χ4v) is 2.04. The topological polar surface area (TPSA) is 61.4 Å². The summed E-state index contributed by atoms with van der Waals surface area (Å²) < 4.78 is 0. The molecule has 0 heterocycles. The Morgan fingerprint density at radius 3 is 2.52 bits per heavy atom. The van der Waals surface area contributed by atoms with E-state index in [1.54, 1.807) is 25.1 Å². The molecule has 2 aromatic rings. The lowest BCUT2D eigenvalue weighted by molar-refractivity contribution is 0.102. The highest BCUT2D eigenvalue weighted by molar-refractivity contribution is 6.05. The molecule has 0 atom stereocenters. The van der Waals surface area contributed by atoms with Crippen molar-refractivity contribution in [1.29, 1.82) is 0 Å². The molecule has 0 aliphatic heterocycles. The number of amides is 1. The van der Waals surface area contributed by atoms with Crippen LogP contribution in [-0.2, 0) is 6.54 Å². The number of aromatic hydroxyl groups is 1. The summed E-state index contributed by atoms with van der Waals surface area (Å²) in [5.41, 5.74) is 2.97. The van der Waals surface area contributed by atoms with Gasteiger partial charge in [-0.3, -0.25) is 4.79 Å². The molecule has 0 aliphatic carbocycles. The Morgan fingerprint density at radius 1 is 1.14 bits per heavy atom. The van der Waals surface area contributed by atoms with Gasteiger partial charge in [0.1, 0.15) is 5.75 Å². The molecule has 0 spiro atoms. The highest BCUT2D eigenvalue weighted by atomic mass is 16.3. The largest absolute Gasteiger partial charge is 0.508 e. The second-order valence-corrected chi connectivity index (χ2v) is 4.88. The van der Waals surface area contributed by atoms with Crippen molar-refractivity contribution in [3.05, 3.63) is 59.2 Å². The van der Waals surface area contributed by atoms with Gasteiger partial charge in [-0.15, -0.1) is 0 Å². The number of hydrogen-bond acceptors (Lipinski definition) is 3. The zero-order valence-corrected chi connectivity index (χ0v) is 12.3. The van der Waals surface area contributed by atoms with E-state index in [2.05, 4.69) is 17.6 Å². The summed E-state index contributed by atoms with van der Waals surface area (Å²) in [6.07, 6.45) is 0. The summed E-state index contributed by atoms with van der Waals surface area (Å²) in [7, 11) is 0. The molecule has 4 nitrogen and oxygen atoms in total. The SMILES string of the molecule is CCNCc1ccc(NC(=O)c2cccc(O)c2C)cc1. The van der Waals surface area contributed by atoms with Crippen LogP contribution in [0.1, 0.15) is 28.4 Å². The van der Waals surface area contributed by atoms with Gasteiger partial charge in [0.25, 0.3) is 5.91 Å². The number of phenols is 1. The summed E-state index contributed by atoms with van der Waals surface area (Å²) in [6, 6.07) is 12.6. The third-order valence-corrected chi connectivity index (χ3v) is 3.34. The maximum Gasteiger partial charge on any atom is 0.256 e. The third-order valence-electron chi connectivity index (χ3n) is 3.34. The first kappa shape index (κ1) is 15.1. The van der Waals surface area contributed by atoms with Crippen molar-refractivity contribution >= 4 is 11.6 Å². The summed E-state index contributed by atoms with van der Waals surface area (Å²) in [5.74, 6) is -0.0912. The molecular weight excluding hydrogens is 264 g/mol. The van der Waals surface area contributed by atoms with E-state index >= 15 is 0 Å². The molecule has 21 heavy (non-hydrogen) atoms. The standard InChI is InChI=1S/C17H20N2O2/c1-3-18-11-13-7-9-14(10-8-13)19-17(21)15-5-4-6-16(20)12(15)2/h4-10,18,20H,3,11H2,1-2H3,(H,19,21). The van der Waals surface area contributed by atoms with Crippen molar-refractivity contribution in [3.8, 4) is 5.75 Å². The Bertz CT molecular complexity index is 621. The molecular formula is C17H20N2O2. The van der Waals surface area contributed by atoms with Crippen molar-refractivity contribution in [2.45, 2.75) is 20.4 Å². The fourth-order valence-electron chi connectivity index (χ4n) is 2.04. The summed E-state index contributed by atoms with van der Waals surface area (Å²) >= 11 is 0. The molecule has 1 amide bonds. The first-order valence-electron chi connectivity index (χ1n) is 7.01. The number of rotatable bonds is 5. The first-order valence-corrected chi connectivity index (χ1v) is 7.01. The molecule has 4 heteroatoms. The second-order valence-electron chi connectivity index (χ2n) is 4.88. The van der Waals surface area contributed by atoms with Gasteiger partial charge in [-0.25, -0.2) is 0 Å². The van der Waals surface area contributed by atoms with Gasteiger partial charge in [0.2, 0.25) is 0 Å². The summed E-state index contributed by atoms with van der Waals surface area (Å²) in [5, 5.41) is 15.7. The number of phenolic OH excluding ortho intramolecular Hbond substituents is 1. The van der Waals surface area contributed by atoms with Crippen molar-refractivity contribution in [2.24, 2.45) is 0 Å². The Balaban J connectivity index is 2.07. The average molecular weight is 284 g/mol. The van der Waals surface area contributed by atoms with Crippen LogP contribution < -0.4 is 10.6 Å². The van der Waals surface area contributed by atoms with Gasteiger partial charge < -0.3 is 15.7 Å². The predicted molar refractivity (Wildman–Crippen MR) is 84.6 cm³/mol. The lowest BCUT2D eigenvalue weighted by Crippen LogP contribution is -2.14. The summed E-state index contributed by atoms with van der Waals surface area (Å²) in [6.45, 7) is 5.53. The van der Waals surface area contributed by atoms with Crippen LogP contribution >= 0.6 is 0 Å². The monoisotopic (exact) mass is 284 g/mol. The van der Waals surface area contributed by atoms with E-state index in [-0.39, 0.29) is 11.7 Å². The number of anilines is 1. The number of benzene rings is 2. The molecule has 0 fully saturated rings. The number of nitrogens with one attached hydrogen (secondary N) is 2. The molecule has 0 aromatic heterocycles. The van der Waals surface area contributed by atoms with Crippen LogP contribution in [0.15, 0.2) is 42.5 Å². The predicted octanol–water partition coefficient (Wildman–Crippen LogP) is 3.06. The highest BCUT2D eigenvalue weighted by Gasteiger charge is 2.11. The van der Waals surface area contributed by atoms with E-state index < -0.39 is 0 Å². The highest BCUT2D eigenvalue weighted by Crippen LogP contribution is 2.20. The zero-order chi connectivity index (χ0) is 15.2. The normalized spacial score (nSPS) is 10.4. The Morgan fingerprint density at radius 2 is 1.86 bits per heavy atom. The van der Waals surface area contributed by atoms with Crippen LogP contribution in [0.4, 0.5) is 5.69 Å². The van der Waals surface area contributed by atoms with Crippen LogP contribution in [-0.4, -0.2) is 17.6 Å². The third kappa shape index (κ3) is 3.83. The molecule has 0 aliphatic rings. The molecule has 110 valence electrons. The van der Waals surface area contributed by atoms with E-state index in [0.717, 1.165) is 18.8 Å². The van der Waals surface area contributed by atoms with Crippen LogP contribution in [0.3, 0.4) is 0 Å². The minimum Gasteiger partial charge on any atom is -0.508 e. The lowest BCUT2D eigenvalue weighted by atomic mass is 10.1. The Labute approximate surface area is 124 Å². The molecule has 2 rings (SSSR count). The zero-order valence-electron chi connectivity index (χ0n) is 12.3. The fraction of sp³-hybridized carbons (Fsp3) is 0.235. The van der Waals surface area contributed by atoms with E-state index in [1.165, 1.54) is 5.56 Å². The summed E-state index contributed by atoms with van der Waals surface area (Å²) in [4.78, 5) is 12.2. The second kappa shape index (κ2) is 6.90. The minimum atomic E-state index is -0.220. The van der Waals surface area contributed by atoms with E-state index in [0.29, 0.717) is 11.1 Å². The molecule has 0 unspecified atom stereocenters. The maximum atomic E-state index is 12.2. The van der Waals surface area contributed by atoms with Gasteiger partial charge in [0.15, 0.2) is 0 Å². The van der Waals surface area contributed by atoms with Gasteiger partial charge in [-0.1, -0.05) is 25.1 Å². The van der Waals surface area contributed by atoms with Crippen LogP contribution in [0, 0.1) is 6.92 Å². The maximum absolute atomic E-state index is 12.2. The quantitative estimate of drug-likeness (QED) is 0.790. The lowest BCUT2D eigenvalue weighted by Gasteiger charge is -2.09. The molecule has 0 saturated carbocycles. The van der Waals surface area contributed by atoms with Crippen LogP contribution in [0.25, 0.3) is 0 Å². The first-order chi connectivity index (χ1) is 10.1. The van der Waals surface area contributed by atoms with Gasteiger partial charge in [0.05, 0.1) is 0 Å². The molecule has 0 radical (unpaired) electrons. The Kier molecular flexibility index (Phi) is 4.95. The van der Waals surface area contributed by atoms with Crippen molar-refractivity contribution < 1.29 is 9.90 Å². The molecule has 0 saturated heterocycles. The number of carbonyl (C=O) groups excluding carboxylic acids is 1. The van der Waals surface area contributed by atoms with Crippen LogP contribution in [0.5, 0.6) is 5.75 Å². The smallest absolute Gasteiger partial charge is 0.256 e. The van der Waals surface area contributed by atoms with E-state index in [1.807, 2.05) is 24.3 Å². The van der Waals surface area contributed by atoms with Crippen molar-refractivity contribution in [1.82, 2.24) is 5.32 Å². The van der Waals surface area contributed by atoms with E-state index in [4.69, 9.17) is 0 Å². The molecule has 0 bridgehead atoms. The Hall–Kier alpha value is -2.33. The molecule has 3 N–H and O–H groups in total. The van der Waals surface area contributed by atoms with Gasteiger partial charge in [-0.2, -0.15) is 0 Å². The van der Waals surface area contributed by atoms with Crippen molar-refractivity contribution in [3.63, 3.8) is 0 Å². The van der Waals surface area contributed by atoms with Crippen LogP contribution in [0.2, 0.25) is 0 Å².